The maximum absolute atomic E-state index is 13.7. The Morgan fingerprint density at radius 3 is 2.63 bits per heavy atom. The number of benzene rings is 1. The van der Waals surface area contributed by atoms with Gasteiger partial charge in [0.25, 0.3) is 0 Å². The third-order valence-electron chi connectivity index (χ3n) is 6.31. The monoisotopic (exact) mass is 484 g/mol. The van der Waals surface area contributed by atoms with Crippen LogP contribution in [0.1, 0.15) is 53.0 Å². The summed E-state index contributed by atoms with van der Waals surface area (Å²) in [5, 5.41) is 4.04. The molecular weight excluding hydrogens is 444 g/mol. The van der Waals surface area contributed by atoms with Gasteiger partial charge in [-0.05, 0) is 51.2 Å². The second kappa shape index (κ2) is 11.1. The fourth-order valence-electron chi connectivity index (χ4n) is 4.50. The summed E-state index contributed by atoms with van der Waals surface area (Å²) in [6, 6.07) is 7.31. The summed E-state index contributed by atoms with van der Waals surface area (Å²) in [6.07, 6.45) is 3.77. The van der Waals surface area contributed by atoms with Crippen molar-refractivity contribution in [2.24, 2.45) is 11.8 Å². The van der Waals surface area contributed by atoms with Crippen molar-refractivity contribution in [1.82, 2.24) is 20.1 Å². The van der Waals surface area contributed by atoms with Gasteiger partial charge in [-0.1, -0.05) is 32.0 Å². The number of fused-ring (bicyclic) bond motifs is 1. The van der Waals surface area contributed by atoms with E-state index in [0.717, 1.165) is 29.3 Å². The number of amides is 3. The predicted octanol–water partition coefficient (Wildman–Crippen LogP) is 3.96. The highest BCUT2D eigenvalue weighted by molar-refractivity contribution is 5.90. The smallest absolute Gasteiger partial charge is 0.410 e. The molecule has 2 heterocycles. The molecular formula is C27H40N4O4. The number of aromatic amines is 1. The maximum Gasteiger partial charge on any atom is 0.410 e. The topological polar surface area (TPSA) is 94.7 Å². The normalized spacial score (nSPS) is 17.3. The van der Waals surface area contributed by atoms with E-state index in [9.17, 15) is 14.4 Å². The lowest BCUT2D eigenvalue weighted by Crippen LogP contribution is -2.53. The van der Waals surface area contributed by atoms with Crippen molar-refractivity contribution < 1.29 is 19.1 Å². The number of piperidine rings is 1. The zero-order chi connectivity index (χ0) is 25.8. The number of ether oxygens (including phenoxy) is 1. The van der Waals surface area contributed by atoms with Crippen LogP contribution in [-0.2, 0) is 20.7 Å². The van der Waals surface area contributed by atoms with E-state index in [1.807, 2.05) is 70.0 Å². The Morgan fingerprint density at radius 2 is 1.94 bits per heavy atom. The van der Waals surface area contributed by atoms with Crippen LogP contribution in [-0.4, -0.2) is 71.0 Å². The van der Waals surface area contributed by atoms with E-state index in [1.165, 1.54) is 0 Å². The molecule has 192 valence electrons. The van der Waals surface area contributed by atoms with Gasteiger partial charge in [-0.3, -0.25) is 9.59 Å². The largest absolute Gasteiger partial charge is 0.444 e. The van der Waals surface area contributed by atoms with Gasteiger partial charge in [0.05, 0.1) is 0 Å². The number of carbonyl (C=O) groups is 3. The summed E-state index contributed by atoms with van der Waals surface area (Å²) < 4.78 is 5.47. The molecule has 8 nitrogen and oxygen atoms in total. The Labute approximate surface area is 208 Å². The van der Waals surface area contributed by atoms with Gasteiger partial charge in [0.15, 0.2) is 0 Å². The standard InChI is InChI=1S/C27H40N4O4/c1-18(2)24(32)29-23(14-20-15-28-22-12-8-7-11-21(20)22)25(33)31-13-9-10-19(17-31)16-30(6)26(34)35-27(3,4)5/h7-8,11-12,15,18-19,23,28H,9-10,13-14,16-17H2,1-6H3,(H,29,32). The van der Waals surface area contributed by atoms with E-state index in [-0.39, 0.29) is 29.7 Å². The highest BCUT2D eigenvalue weighted by Crippen LogP contribution is 2.23. The van der Waals surface area contributed by atoms with Gasteiger partial charge < -0.3 is 24.8 Å². The predicted molar refractivity (Wildman–Crippen MR) is 137 cm³/mol. The first kappa shape index (κ1) is 26.6. The molecule has 1 aliphatic rings. The molecule has 2 atom stereocenters. The van der Waals surface area contributed by atoms with Gasteiger partial charge in [-0.2, -0.15) is 0 Å². The molecule has 1 aromatic heterocycles. The zero-order valence-electron chi connectivity index (χ0n) is 21.9. The van der Waals surface area contributed by atoms with Crippen LogP contribution in [0.25, 0.3) is 10.9 Å². The summed E-state index contributed by atoms with van der Waals surface area (Å²) in [5.74, 6) is -0.278. The molecule has 8 heteroatoms. The molecule has 3 rings (SSSR count). The number of aromatic nitrogens is 1. The van der Waals surface area contributed by atoms with Crippen LogP contribution in [0.15, 0.2) is 30.5 Å². The van der Waals surface area contributed by atoms with Crippen molar-refractivity contribution in [3.8, 4) is 0 Å². The van der Waals surface area contributed by atoms with Crippen molar-refractivity contribution in [3.63, 3.8) is 0 Å². The van der Waals surface area contributed by atoms with Crippen molar-refractivity contribution in [1.29, 1.82) is 0 Å². The summed E-state index contributed by atoms with van der Waals surface area (Å²) >= 11 is 0. The first-order valence-corrected chi connectivity index (χ1v) is 12.5. The molecule has 0 bridgehead atoms. The number of hydrogen-bond acceptors (Lipinski definition) is 4. The van der Waals surface area contributed by atoms with Crippen molar-refractivity contribution in [3.05, 3.63) is 36.0 Å². The molecule has 1 aromatic carbocycles. The summed E-state index contributed by atoms with van der Waals surface area (Å²) in [6.45, 7) is 10.9. The first-order valence-electron chi connectivity index (χ1n) is 12.5. The van der Waals surface area contributed by atoms with Crippen LogP contribution < -0.4 is 5.32 Å². The van der Waals surface area contributed by atoms with Crippen LogP contribution in [0, 0.1) is 11.8 Å². The lowest BCUT2D eigenvalue weighted by atomic mass is 9.95. The molecule has 2 unspecified atom stereocenters. The number of likely N-dealkylation sites (tertiary alicyclic amines) is 1. The Kier molecular flexibility index (Phi) is 8.46. The van der Waals surface area contributed by atoms with Gasteiger partial charge in [-0.25, -0.2) is 4.79 Å². The third-order valence-corrected chi connectivity index (χ3v) is 6.31. The lowest BCUT2D eigenvalue weighted by molar-refractivity contribution is -0.138. The van der Waals surface area contributed by atoms with Crippen molar-refractivity contribution in [2.45, 2.75) is 65.5 Å². The second-order valence-corrected chi connectivity index (χ2v) is 10.9. The van der Waals surface area contributed by atoms with E-state index in [0.29, 0.717) is 26.1 Å². The van der Waals surface area contributed by atoms with Crippen LogP contribution in [0.5, 0.6) is 0 Å². The molecule has 2 N–H and O–H groups in total. The molecule has 3 amide bonds. The van der Waals surface area contributed by atoms with Gasteiger partial charge >= 0.3 is 6.09 Å². The van der Waals surface area contributed by atoms with E-state index in [4.69, 9.17) is 4.74 Å². The number of hydrogen-bond donors (Lipinski definition) is 2. The average Bonchev–Trinajstić information content (AvgIpc) is 3.20. The minimum atomic E-state index is -0.647. The molecule has 0 aliphatic carbocycles. The van der Waals surface area contributed by atoms with Crippen LogP contribution >= 0.6 is 0 Å². The lowest BCUT2D eigenvalue weighted by Gasteiger charge is -2.37. The molecule has 0 radical (unpaired) electrons. The molecule has 0 spiro atoms. The van der Waals surface area contributed by atoms with Gasteiger partial charge in [0.2, 0.25) is 11.8 Å². The maximum atomic E-state index is 13.7. The van der Waals surface area contributed by atoms with E-state index < -0.39 is 11.6 Å². The highest BCUT2D eigenvalue weighted by atomic mass is 16.6. The van der Waals surface area contributed by atoms with Crippen LogP contribution in [0.4, 0.5) is 4.79 Å². The summed E-state index contributed by atoms with van der Waals surface area (Å²) in [7, 11) is 1.73. The van der Waals surface area contributed by atoms with E-state index in [1.54, 1.807) is 11.9 Å². The number of para-hydroxylation sites is 1. The van der Waals surface area contributed by atoms with E-state index >= 15 is 0 Å². The average molecular weight is 485 g/mol. The summed E-state index contributed by atoms with van der Waals surface area (Å²) in [4.78, 5) is 45.3. The minimum absolute atomic E-state index is 0.0751. The van der Waals surface area contributed by atoms with Crippen LogP contribution in [0.3, 0.4) is 0 Å². The number of nitrogens with one attached hydrogen (secondary N) is 2. The van der Waals surface area contributed by atoms with E-state index in [2.05, 4.69) is 10.3 Å². The molecule has 35 heavy (non-hydrogen) atoms. The second-order valence-electron chi connectivity index (χ2n) is 10.9. The minimum Gasteiger partial charge on any atom is -0.444 e. The quantitative estimate of drug-likeness (QED) is 0.622. The fraction of sp³-hybridized carbons (Fsp3) is 0.593. The number of carbonyl (C=O) groups excluding carboxylic acids is 3. The molecule has 1 fully saturated rings. The number of rotatable bonds is 7. The SMILES string of the molecule is CC(C)C(=O)NC(Cc1c[nH]c2ccccc12)C(=O)N1CCCC(CN(C)C(=O)OC(C)(C)C)C1. The highest BCUT2D eigenvalue weighted by Gasteiger charge is 2.32. The van der Waals surface area contributed by atoms with Gasteiger partial charge in [0.1, 0.15) is 11.6 Å². The van der Waals surface area contributed by atoms with Crippen molar-refractivity contribution >= 4 is 28.8 Å². The Bertz CT molecular complexity index is 1040. The van der Waals surface area contributed by atoms with Crippen LogP contribution in [0.2, 0.25) is 0 Å². The van der Waals surface area contributed by atoms with Gasteiger partial charge in [0, 0.05) is 56.1 Å². The van der Waals surface area contributed by atoms with Crippen molar-refractivity contribution in [2.75, 3.05) is 26.7 Å². The first-order chi connectivity index (χ1) is 16.4. The van der Waals surface area contributed by atoms with Gasteiger partial charge in [-0.15, -0.1) is 0 Å². The molecule has 2 aromatic rings. The number of nitrogens with zero attached hydrogens (tertiary/aromatic N) is 2. The third kappa shape index (κ3) is 7.23. The number of H-pyrrole nitrogens is 1. The Hall–Kier alpha value is -3.03. The molecule has 1 saturated heterocycles. The molecule has 1 aliphatic heterocycles. The summed E-state index contributed by atoms with van der Waals surface area (Å²) in [5.41, 5.74) is 1.46. The Morgan fingerprint density at radius 1 is 1.23 bits per heavy atom. The Balaban J connectivity index is 1.71. The zero-order valence-corrected chi connectivity index (χ0v) is 21.9. The fourth-order valence-corrected chi connectivity index (χ4v) is 4.50. The molecule has 0 saturated carbocycles.